The fourth-order valence-corrected chi connectivity index (χ4v) is 1.55. The molecule has 1 amide bonds. The number of pyridine rings is 1. The summed E-state index contributed by atoms with van der Waals surface area (Å²) in [6.07, 6.45) is 2.50. The van der Waals surface area contributed by atoms with Crippen LogP contribution < -0.4 is 15.6 Å². The molecule has 1 aromatic carbocycles. The molecule has 2 aromatic rings. The van der Waals surface area contributed by atoms with Crippen LogP contribution in [-0.2, 0) is 0 Å². The molecule has 0 spiro atoms. The molecule has 0 saturated carbocycles. The van der Waals surface area contributed by atoms with Crippen molar-refractivity contribution in [3.63, 3.8) is 0 Å². The number of rotatable bonds is 3. The van der Waals surface area contributed by atoms with Gasteiger partial charge in [0.2, 0.25) is 0 Å². The molecule has 18 heavy (non-hydrogen) atoms. The Morgan fingerprint density at radius 3 is 2.83 bits per heavy atom. The van der Waals surface area contributed by atoms with E-state index in [-0.39, 0.29) is 5.56 Å². The van der Waals surface area contributed by atoms with Crippen LogP contribution in [0.5, 0.6) is 0 Å². The second-order valence-corrected chi connectivity index (χ2v) is 3.98. The van der Waals surface area contributed by atoms with Gasteiger partial charge in [-0.05, 0) is 24.3 Å². The van der Waals surface area contributed by atoms with Crippen molar-refractivity contribution in [2.45, 2.75) is 0 Å². The van der Waals surface area contributed by atoms with E-state index < -0.39 is 5.91 Å². The number of nitrogens with one attached hydrogen (secondary N) is 2. The Morgan fingerprint density at radius 1 is 1.28 bits per heavy atom. The average Bonchev–Trinajstić information content (AvgIpc) is 2.36. The summed E-state index contributed by atoms with van der Waals surface area (Å²) in [4.78, 5) is 11.7. The van der Waals surface area contributed by atoms with Crippen LogP contribution in [0.25, 0.3) is 0 Å². The summed E-state index contributed by atoms with van der Waals surface area (Å²) >= 11 is 5.80. The van der Waals surface area contributed by atoms with Crippen molar-refractivity contribution in [1.29, 1.82) is 0 Å². The summed E-state index contributed by atoms with van der Waals surface area (Å²) in [6, 6.07) is 9.95. The molecule has 0 aliphatic heterocycles. The van der Waals surface area contributed by atoms with Crippen molar-refractivity contribution in [1.82, 2.24) is 5.43 Å². The molecule has 5 nitrogen and oxygen atoms in total. The first-order valence-corrected chi connectivity index (χ1v) is 5.54. The third-order valence-electron chi connectivity index (χ3n) is 2.18. The highest BCUT2D eigenvalue weighted by Gasteiger charge is 2.07. The van der Waals surface area contributed by atoms with Crippen LogP contribution in [0.15, 0.2) is 48.8 Å². The lowest BCUT2D eigenvalue weighted by Gasteiger charge is -2.08. The lowest BCUT2D eigenvalue weighted by molar-refractivity contribution is -0.605. The van der Waals surface area contributed by atoms with Crippen LogP contribution in [0, 0.1) is 5.21 Å². The van der Waals surface area contributed by atoms with Gasteiger partial charge in [0.05, 0.1) is 5.69 Å². The van der Waals surface area contributed by atoms with Crippen molar-refractivity contribution in [2.24, 2.45) is 0 Å². The summed E-state index contributed by atoms with van der Waals surface area (Å²) in [5.41, 5.74) is 6.10. The van der Waals surface area contributed by atoms with Gasteiger partial charge in [-0.15, -0.1) is 0 Å². The minimum Gasteiger partial charge on any atom is -0.619 e. The molecule has 0 aliphatic rings. The van der Waals surface area contributed by atoms with Gasteiger partial charge in [0.1, 0.15) is 5.56 Å². The molecule has 0 bridgehead atoms. The van der Waals surface area contributed by atoms with Gasteiger partial charge in [-0.1, -0.05) is 17.7 Å². The molecule has 1 aromatic heterocycles. The van der Waals surface area contributed by atoms with Gasteiger partial charge < -0.3 is 5.21 Å². The van der Waals surface area contributed by atoms with E-state index in [9.17, 15) is 10.0 Å². The van der Waals surface area contributed by atoms with E-state index in [4.69, 9.17) is 11.6 Å². The van der Waals surface area contributed by atoms with Gasteiger partial charge >= 0.3 is 0 Å². The Morgan fingerprint density at radius 2 is 2.11 bits per heavy atom. The molecule has 0 unspecified atom stereocenters. The van der Waals surface area contributed by atoms with Crippen LogP contribution in [0.1, 0.15) is 10.4 Å². The Labute approximate surface area is 109 Å². The number of anilines is 1. The molecule has 0 fully saturated rings. The van der Waals surface area contributed by atoms with E-state index >= 15 is 0 Å². The Bertz CT molecular complexity index is 575. The predicted molar refractivity (Wildman–Crippen MR) is 67.9 cm³/mol. The fraction of sp³-hybridized carbons (Fsp3) is 0. The Hall–Kier alpha value is -2.27. The number of hydrogen-bond donors (Lipinski definition) is 2. The number of aromatic nitrogens is 1. The molecule has 1 heterocycles. The standard InChI is InChI=1S/C12H10ClN3O2/c13-10-4-1-5-11(7-10)14-15-12(17)9-3-2-6-16(18)8-9/h1-8,14H,(H,15,17). The average molecular weight is 264 g/mol. The number of carbonyl (C=O) groups is 1. The Kier molecular flexibility index (Phi) is 3.64. The molecule has 0 saturated heterocycles. The maximum absolute atomic E-state index is 11.7. The number of carbonyl (C=O) groups excluding carboxylic acids is 1. The number of hydrogen-bond acceptors (Lipinski definition) is 3. The molecular formula is C12H10ClN3O2. The third kappa shape index (κ3) is 3.11. The zero-order chi connectivity index (χ0) is 13.0. The lowest BCUT2D eigenvalue weighted by Crippen LogP contribution is -2.32. The molecule has 0 aliphatic carbocycles. The van der Waals surface area contributed by atoms with E-state index in [1.807, 2.05) is 0 Å². The predicted octanol–water partition coefficient (Wildman–Crippen LogP) is 1.73. The van der Waals surface area contributed by atoms with Crippen molar-refractivity contribution >= 4 is 23.2 Å². The molecule has 2 rings (SSSR count). The first-order valence-electron chi connectivity index (χ1n) is 5.16. The maximum atomic E-state index is 11.7. The van der Waals surface area contributed by atoms with Crippen molar-refractivity contribution in [2.75, 3.05) is 5.43 Å². The summed E-state index contributed by atoms with van der Waals surface area (Å²) in [5, 5.41) is 11.6. The smallest absolute Gasteiger partial charge is 0.275 e. The minimum atomic E-state index is -0.403. The molecule has 6 heteroatoms. The first-order chi connectivity index (χ1) is 8.65. The van der Waals surface area contributed by atoms with E-state index in [1.165, 1.54) is 18.5 Å². The zero-order valence-corrected chi connectivity index (χ0v) is 10.0. The van der Waals surface area contributed by atoms with E-state index in [1.54, 1.807) is 30.3 Å². The summed E-state index contributed by atoms with van der Waals surface area (Å²) < 4.78 is 0.564. The molecule has 0 radical (unpaired) electrons. The van der Waals surface area contributed by atoms with E-state index in [0.29, 0.717) is 15.4 Å². The van der Waals surface area contributed by atoms with E-state index in [0.717, 1.165) is 0 Å². The van der Waals surface area contributed by atoms with Crippen LogP contribution in [0.4, 0.5) is 5.69 Å². The van der Waals surface area contributed by atoms with Crippen molar-refractivity contribution < 1.29 is 9.52 Å². The fourth-order valence-electron chi connectivity index (χ4n) is 1.36. The molecule has 0 atom stereocenters. The first kappa shape index (κ1) is 12.2. The van der Waals surface area contributed by atoms with Gasteiger partial charge in [-0.2, -0.15) is 4.73 Å². The monoisotopic (exact) mass is 263 g/mol. The van der Waals surface area contributed by atoms with Gasteiger partial charge in [-0.3, -0.25) is 15.6 Å². The highest BCUT2D eigenvalue weighted by molar-refractivity contribution is 6.30. The number of nitrogens with zero attached hydrogens (tertiary/aromatic N) is 1. The number of halogens is 1. The van der Waals surface area contributed by atoms with Crippen molar-refractivity contribution in [3.8, 4) is 0 Å². The lowest BCUT2D eigenvalue weighted by atomic mass is 10.3. The molecular weight excluding hydrogens is 254 g/mol. The third-order valence-corrected chi connectivity index (χ3v) is 2.42. The highest BCUT2D eigenvalue weighted by Crippen LogP contribution is 2.13. The minimum absolute atomic E-state index is 0.266. The highest BCUT2D eigenvalue weighted by atomic mass is 35.5. The van der Waals surface area contributed by atoms with Crippen LogP contribution in [-0.4, -0.2) is 5.91 Å². The molecule has 2 N–H and O–H groups in total. The quantitative estimate of drug-likeness (QED) is 0.503. The zero-order valence-electron chi connectivity index (χ0n) is 9.26. The number of benzene rings is 1. The molecule has 92 valence electrons. The SMILES string of the molecule is O=C(NNc1cccc(Cl)c1)c1ccc[n+]([O-])c1. The second kappa shape index (κ2) is 5.37. The normalized spacial score (nSPS) is 9.83. The van der Waals surface area contributed by atoms with Crippen LogP contribution in [0.2, 0.25) is 5.02 Å². The summed E-state index contributed by atoms with van der Waals surface area (Å²) in [7, 11) is 0. The topological polar surface area (TPSA) is 68.1 Å². The number of amides is 1. The summed E-state index contributed by atoms with van der Waals surface area (Å²) in [6.45, 7) is 0. The summed E-state index contributed by atoms with van der Waals surface area (Å²) in [5.74, 6) is -0.403. The Balaban J connectivity index is 2.00. The second-order valence-electron chi connectivity index (χ2n) is 3.54. The number of hydrazine groups is 1. The van der Waals surface area contributed by atoms with Gasteiger partial charge in [0, 0.05) is 11.1 Å². The van der Waals surface area contributed by atoms with Crippen molar-refractivity contribution in [3.05, 3.63) is 64.6 Å². The van der Waals surface area contributed by atoms with Crippen LogP contribution in [0.3, 0.4) is 0 Å². The van der Waals surface area contributed by atoms with Gasteiger partial charge in [-0.25, -0.2) is 0 Å². The van der Waals surface area contributed by atoms with Gasteiger partial charge in [0.25, 0.3) is 5.91 Å². The van der Waals surface area contributed by atoms with Crippen LogP contribution >= 0.6 is 11.6 Å². The van der Waals surface area contributed by atoms with Gasteiger partial charge in [0.15, 0.2) is 12.4 Å². The van der Waals surface area contributed by atoms with E-state index in [2.05, 4.69) is 10.9 Å². The largest absolute Gasteiger partial charge is 0.619 e. The maximum Gasteiger partial charge on any atom is 0.275 e.